The van der Waals surface area contributed by atoms with Crippen LogP contribution >= 0.6 is 34.8 Å². The van der Waals surface area contributed by atoms with E-state index in [1.165, 1.54) is 6.07 Å². The van der Waals surface area contributed by atoms with Gasteiger partial charge in [0.05, 0.1) is 21.9 Å². The molecule has 24 heavy (non-hydrogen) atoms. The van der Waals surface area contributed by atoms with Gasteiger partial charge >= 0.3 is 0 Å². The van der Waals surface area contributed by atoms with Crippen molar-refractivity contribution in [2.45, 2.75) is 12.8 Å². The molecular weight excluding hydrogens is 375 g/mol. The molecule has 1 aliphatic carbocycles. The van der Waals surface area contributed by atoms with Crippen molar-refractivity contribution in [3.8, 4) is 0 Å². The van der Waals surface area contributed by atoms with E-state index in [2.05, 4.69) is 5.32 Å². The summed E-state index contributed by atoms with van der Waals surface area (Å²) in [5.41, 5.74) is 0.440. The SMILES string of the molecule is O=C(CN1C(=O)[C@H]2CC=C(Cl)C[C@H]2C1=O)Nc1ccc(Cl)c(Cl)c1. The summed E-state index contributed by atoms with van der Waals surface area (Å²) >= 11 is 17.7. The Morgan fingerprint density at radius 1 is 1.12 bits per heavy atom. The number of anilines is 1. The number of allylic oxidation sites excluding steroid dienone is 2. The minimum Gasteiger partial charge on any atom is -0.324 e. The molecule has 5 nitrogen and oxygen atoms in total. The first-order valence-electron chi connectivity index (χ1n) is 7.31. The molecule has 0 unspecified atom stereocenters. The highest BCUT2D eigenvalue weighted by Crippen LogP contribution is 2.38. The Morgan fingerprint density at radius 3 is 2.54 bits per heavy atom. The second-order valence-electron chi connectivity index (χ2n) is 5.74. The Hall–Kier alpha value is -1.56. The van der Waals surface area contributed by atoms with Gasteiger partial charge in [0.15, 0.2) is 0 Å². The quantitative estimate of drug-likeness (QED) is 0.808. The van der Waals surface area contributed by atoms with E-state index < -0.39 is 17.7 Å². The molecule has 3 amide bonds. The van der Waals surface area contributed by atoms with Crippen LogP contribution in [0.25, 0.3) is 0 Å². The van der Waals surface area contributed by atoms with Crippen LogP contribution in [-0.4, -0.2) is 29.2 Å². The van der Waals surface area contributed by atoms with Gasteiger partial charge in [0.25, 0.3) is 0 Å². The molecular formula is C16H13Cl3N2O3. The van der Waals surface area contributed by atoms with Gasteiger partial charge in [-0.3, -0.25) is 19.3 Å². The number of nitrogens with zero attached hydrogens (tertiary/aromatic N) is 1. The zero-order valence-corrected chi connectivity index (χ0v) is 14.7. The van der Waals surface area contributed by atoms with Gasteiger partial charge in [-0.25, -0.2) is 0 Å². The number of likely N-dealkylation sites (tertiary alicyclic amines) is 1. The highest BCUT2D eigenvalue weighted by molar-refractivity contribution is 6.42. The number of nitrogens with one attached hydrogen (secondary N) is 1. The van der Waals surface area contributed by atoms with Crippen LogP contribution in [0, 0.1) is 11.8 Å². The molecule has 1 fully saturated rings. The van der Waals surface area contributed by atoms with Crippen molar-refractivity contribution in [3.05, 3.63) is 39.4 Å². The molecule has 126 valence electrons. The molecule has 0 aromatic heterocycles. The summed E-state index contributed by atoms with van der Waals surface area (Å²) in [6.45, 7) is -0.331. The number of hydrogen-bond donors (Lipinski definition) is 1. The van der Waals surface area contributed by atoms with Crippen LogP contribution in [0.5, 0.6) is 0 Å². The third kappa shape index (κ3) is 3.29. The minimum absolute atomic E-state index is 0.300. The number of fused-ring (bicyclic) bond motifs is 1. The van der Waals surface area contributed by atoms with Crippen LogP contribution < -0.4 is 5.32 Å². The molecule has 1 aromatic rings. The predicted molar refractivity (Wildman–Crippen MR) is 92.0 cm³/mol. The minimum atomic E-state index is -0.479. The topological polar surface area (TPSA) is 66.5 Å². The summed E-state index contributed by atoms with van der Waals surface area (Å²) in [6.07, 6.45) is 2.54. The van der Waals surface area contributed by atoms with Gasteiger partial charge in [0.1, 0.15) is 6.54 Å². The molecule has 8 heteroatoms. The summed E-state index contributed by atoms with van der Waals surface area (Å²) in [5.74, 6) is -2.03. The molecule has 0 radical (unpaired) electrons. The molecule has 0 bridgehead atoms. The van der Waals surface area contributed by atoms with E-state index >= 15 is 0 Å². The highest BCUT2D eigenvalue weighted by atomic mass is 35.5. The lowest BCUT2D eigenvalue weighted by Gasteiger charge is -2.17. The van der Waals surface area contributed by atoms with Crippen LogP contribution in [0.3, 0.4) is 0 Å². The Labute approximate surface area is 153 Å². The number of carbonyl (C=O) groups is 3. The number of imide groups is 1. The van der Waals surface area contributed by atoms with Crippen LogP contribution in [0.15, 0.2) is 29.3 Å². The first kappa shape index (κ1) is 17.3. The van der Waals surface area contributed by atoms with Gasteiger partial charge in [-0.05, 0) is 31.0 Å². The van der Waals surface area contributed by atoms with Crippen molar-refractivity contribution in [3.63, 3.8) is 0 Å². The lowest BCUT2D eigenvalue weighted by Crippen LogP contribution is -2.38. The Kier molecular flexibility index (Phi) is 4.85. The fraction of sp³-hybridized carbons (Fsp3) is 0.312. The first-order valence-corrected chi connectivity index (χ1v) is 8.45. The molecule has 3 rings (SSSR count). The van der Waals surface area contributed by atoms with E-state index in [9.17, 15) is 14.4 Å². The molecule has 0 saturated carbocycles. The van der Waals surface area contributed by atoms with E-state index in [1.54, 1.807) is 18.2 Å². The average Bonchev–Trinajstić information content (AvgIpc) is 2.75. The van der Waals surface area contributed by atoms with Crippen LogP contribution in [-0.2, 0) is 14.4 Å². The summed E-state index contributed by atoms with van der Waals surface area (Å²) in [5, 5.41) is 3.85. The summed E-state index contributed by atoms with van der Waals surface area (Å²) < 4.78 is 0. The smallest absolute Gasteiger partial charge is 0.244 e. The number of benzene rings is 1. The maximum Gasteiger partial charge on any atom is 0.244 e. The van der Waals surface area contributed by atoms with Crippen molar-refractivity contribution in [2.24, 2.45) is 11.8 Å². The van der Waals surface area contributed by atoms with Crippen LogP contribution in [0.4, 0.5) is 5.69 Å². The van der Waals surface area contributed by atoms with Gasteiger partial charge in [0.2, 0.25) is 17.7 Å². The average molecular weight is 388 g/mol. The number of hydrogen-bond acceptors (Lipinski definition) is 3. The summed E-state index contributed by atoms with van der Waals surface area (Å²) in [7, 11) is 0. The van der Waals surface area contributed by atoms with Gasteiger partial charge < -0.3 is 5.32 Å². The molecule has 1 heterocycles. The molecule has 2 atom stereocenters. The standard InChI is InChI=1S/C16H13Cl3N2O3/c17-8-1-3-10-11(5-8)16(24)21(15(10)23)7-14(22)20-9-2-4-12(18)13(19)6-9/h1-2,4,6,10-11H,3,5,7H2,(H,20,22)/t10-,11+/m0/s1. The Morgan fingerprint density at radius 2 is 1.83 bits per heavy atom. The van der Waals surface area contributed by atoms with Gasteiger partial charge in [-0.15, -0.1) is 0 Å². The second kappa shape index (κ2) is 6.75. The number of rotatable bonds is 3. The third-order valence-corrected chi connectivity index (χ3v) is 5.21. The molecule has 2 aliphatic rings. The molecule has 1 saturated heterocycles. The van der Waals surface area contributed by atoms with E-state index in [1.807, 2.05) is 0 Å². The number of carbonyl (C=O) groups excluding carboxylic acids is 3. The number of halogens is 3. The molecule has 0 spiro atoms. The normalized spacial score (nSPS) is 23.1. The zero-order chi connectivity index (χ0) is 17.4. The molecule has 1 N–H and O–H groups in total. The predicted octanol–water partition coefficient (Wildman–Crippen LogP) is 3.45. The molecule has 1 aromatic carbocycles. The van der Waals surface area contributed by atoms with Crippen molar-refractivity contribution in [1.29, 1.82) is 0 Å². The molecule has 1 aliphatic heterocycles. The Bertz CT molecular complexity index is 763. The van der Waals surface area contributed by atoms with E-state index in [4.69, 9.17) is 34.8 Å². The van der Waals surface area contributed by atoms with Crippen molar-refractivity contribution < 1.29 is 14.4 Å². The summed E-state index contributed by atoms with van der Waals surface area (Å²) in [4.78, 5) is 37.9. The second-order valence-corrected chi connectivity index (χ2v) is 7.04. The Balaban J connectivity index is 1.67. The summed E-state index contributed by atoms with van der Waals surface area (Å²) in [6, 6.07) is 4.63. The van der Waals surface area contributed by atoms with E-state index in [0.717, 1.165) is 4.90 Å². The third-order valence-electron chi connectivity index (χ3n) is 4.17. The van der Waals surface area contributed by atoms with Crippen molar-refractivity contribution in [2.75, 3.05) is 11.9 Å². The van der Waals surface area contributed by atoms with Crippen LogP contribution in [0.2, 0.25) is 10.0 Å². The maximum atomic E-state index is 12.4. The van der Waals surface area contributed by atoms with Gasteiger partial charge in [0, 0.05) is 10.7 Å². The number of amides is 3. The van der Waals surface area contributed by atoms with Gasteiger partial charge in [-0.2, -0.15) is 0 Å². The monoisotopic (exact) mass is 386 g/mol. The zero-order valence-electron chi connectivity index (χ0n) is 12.4. The lowest BCUT2D eigenvalue weighted by molar-refractivity contribution is -0.142. The largest absolute Gasteiger partial charge is 0.324 e. The lowest BCUT2D eigenvalue weighted by atomic mass is 9.85. The van der Waals surface area contributed by atoms with E-state index in [0.29, 0.717) is 33.6 Å². The van der Waals surface area contributed by atoms with E-state index in [-0.39, 0.29) is 18.4 Å². The fourth-order valence-corrected chi connectivity index (χ4v) is 3.52. The van der Waals surface area contributed by atoms with Crippen molar-refractivity contribution in [1.82, 2.24) is 4.90 Å². The maximum absolute atomic E-state index is 12.4. The van der Waals surface area contributed by atoms with Gasteiger partial charge in [-0.1, -0.05) is 40.9 Å². The fourth-order valence-electron chi connectivity index (χ4n) is 2.97. The highest BCUT2D eigenvalue weighted by Gasteiger charge is 2.48. The first-order chi connectivity index (χ1) is 11.4. The van der Waals surface area contributed by atoms with Crippen LogP contribution in [0.1, 0.15) is 12.8 Å². The van der Waals surface area contributed by atoms with Crippen molar-refractivity contribution >= 4 is 58.2 Å².